The second-order valence-electron chi connectivity index (χ2n) is 13.8. The van der Waals surface area contributed by atoms with Crippen molar-refractivity contribution < 1.29 is 4.42 Å². The number of para-hydroxylation sites is 1. The van der Waals surface area contributed by atoms with Crippen molar-refractivity contribution in [3.8, 4) is 33.4 Å². The van der Waals surface area contributed by atoms with E-state index < -0.39 is 0 Å². The van der Waals surface area contributed by atoms with Gasteiger partial charge in [0, 0.05) is 40.9 Å². The molecule has 0 spiro atoms. The van der Waals surface area contributed by atoms with Crippen LogP contribution < -0.4 is 9.80 Å². The summed E-state index contributed by atoms with van der Waals surface area (Å²) in [4.78, 5) is 4.80. The van der Waals surface area contributed by atoms with Crippen LogP contribution in [0.2, 0.25) is 0 Å². The number of furan rings is 1. The Morgan fingerprint density at radius 3 is 1.47 bits per heavy atom. The first-order chi connectivity index (χ1) is 26.2. The summed E-state index contributed by atoms with van der Waals surface area (Å²) in [7, 11) is 0. The lowest BCUT2D eigenvalue weighted by Gasteiger charge is -2.27. The molecule has 53 heavy (non-hydrogen) atoms. The van der Waals surface area contributed by atoms with E-state index in [4.69, 9.17) is 4.42 Å². The molecular formula is C50H36N2O. The Kier molecular flexibility index (Phi) is 7.62. The van der Waals surface area contributed by atoms with Gasteiger partial charge in [-0.2, -0.15) is 0 Å². The summed E-state index contributed by atoms with van der Waals surface area (Å²) in [6, 6.07) is 69.6. The van der Waals surface area contributed by atoms with Gasteiger partial charge in [0.25, 0.3) is 0 Å². The van der Waals surface area contributed by atoms with E-state index in [1.165, 1.54) is 44.6 Å². The maximum absolute atomic E-state index is 6.73. The smallest absolute Gasteiger partial charge is 0.159 e. The summed E-state index contributed by atoms with van der Waals surface area (Å²) in [6.45, 7) is 1.84. The largest absolute Gasteiger partial charge is 0.454 e. The van der Waals surface area contributed by atoms with Crippen molar-refractivity contribution in [3.63, 3.8) is 0 Å². The molecule has 1 aromatic heterocycles. The fourth-order valence-corrected chi connectivity index (χ4v) is 7.82. The van der Waals surface area contributed by atoms with Crippen molar-refractivity contribution >= 4 is 44.7 Å². The van der Waals surface area contributed by atoms with E-state index in [0.29, 0.717) is 0 Å². The third kappa shape index (κ3) is 5.73. The molecule has 2 heterocycles. The third-order valence-electron chi connectivity index (χ3n) is 10.6. The van der Waals surface area contributed by atoms with Crippen LogP contribution in [-0.4, -0.2) is 0 Å². The minimum atomic E-state index is 0.866. The van der Waals surface area contributed by atoms with Gasteiger partial charge in [0.2, 0.25) is 0 Å². The Balaban J connectivity index is 1.09. The number of benzene rings is 8. The zero-order valence-corrected chi connectivity index (χ0v) is 29.2. The Labute approximate surface area is 309 Å². The molecule has 3 nitrogen and oxygen atoms in total. The molecule has 0 atom stereocenters. The van der Waals surface area contributed by atoms with E-state index in [1.54, 1.807) is 0 Å². The molecule has 1 aliphatic heterocycles. The van der Waals surface area contributed by atoms with Gasteiger partial charge < -0.3 is 14.2 Å². The minimum absolute atomic E-state index is 0.866. The zero-order valence-electron chi connectivity index (χ0n) is 29.2. The summed E-state index contributed by atoms with van der Waals surface area (Å²) in [5, 5.41) is 2.21. The Morgan fingerprint density at radius 2 is 0.868 bits per heavy atom. The SMILES string of the molecule is c1ccc(-c2ccc(-c3ccc(N(c4ccc(N5Cc6ccccc6C5)cc4)c4cc(-c5ccccc5)cc5c4oc4ccccc45)cc3)cc2)cc1. The molecule has 0 saturated carbocycles. The van der Waals surface area contributed by atoms with Crippen molar-refractivity contribution in [1.82, 2.24) is 0 Å². The van der Waals surface area contributed by atoms with Gasteiger partial charge in [0.05, 0.1) is 5.69 Å². The number of rotatable bonds is 7. The van der Waals surface area contributed by atoms with Crippen molar-refractivity contribution in [2.24, 2.45) is 0 Å². The van der Waals surface area contributed by atoms with Crippen LogP contribution >= 0.6 is 0 Å². The third-order valence-corrected chi connectivity index (χ3v) is 10.6. The summed E-state index contributed by atoms with van der Waals surface area (Å²) in [5.74, 6) is 0. The average Bonchev–Trinajstić information content (AvgIpc) is 3.85. The van der Waals surface area contributed by atoms with Gasteiger partial charge in [-0.15, -0.1) is 0 Å². The first-order valence-corrected chi connectivity index (χ1v) is 18.2. The molecule has 10 rings (SSSR count). The first-order valence-electron chi connectivity index (χ1n) is 18.2. The lowest BCUT2D eigenvalue weighted by molar-refractivity contribution is 0.669. The van der Waals surface area contributed by atoms with E-state index >= 15 is 0 Å². The van der Waals surface area contributed by atoms with Crippen molar-refractivity contribution in [2.45, 2.75) is 13.1 Å². The molecule has 0 bridgehead atoms. The van der Waals surface area contributed by atoms with Gasteiger partial charge in [0.15, 0.2) is 5.58 Å². The molecule has 0 amide bonds. The van der Waals surface area contributed by atoms with Crippen LogP contribution in [0.5, 0.6) is 0 Å². The molecule has 8 aromatic carbocycles. The second-order valence-corrected chi connectivity index (χ2v) is 13.8. The summed E-state index contributed by atoms with van der Waals surface area (Å²) in [5.41, 5.74) is 16.0. The van der Waals surface area contributed by atoms with E-state index in [-0.39, 0.29) is 0 Å². The van der Waals surface area contributed by atoms with Crippen LogP contribution in [0, 0.1) is 0 Å². The summed E-state index contributed by atoms with van der Waals surface area (Å²) < 4.78 is 6.73. The van der Waals surface area contributed by atoms with Crippen molar-refractivity contribution in [1.29, 1.82) is 0 Å². The first kappa shape index (κ1) is 30.9. The molecule has 252 valence electrons. The van der Waals surface area contributed by atoms with Gasteiger partial charge in [-0.1, -0.05) is 140 Å². The van der Waals surface area contributed by atoms with Crippen LogP contribution in [0.1, 0.15) is 11.1 Å². The summed E-state index contributed by atoms with van der Waals surface area (Å²) in [6.07, 6.45) is 0. The van der Waals surface area contributed by atoms with Gasteiger partial charge in [-0.05, 0) is 99.1 Å². The van der Waals surface area contributed by atoms with Crippen molar-refractivity contribution in [3.05, 3.63) is 205 Å². The van der Waals surface area contributed by atoms with E-state index in [2.05, 4.69) is 198 Å². The van der Waals surface area contributed by atoms with Crippen LogP contribution in [0.15, 0.2) is 199 Å². The molecule has 0 aliphatic carbocycles. The van der Waals surface area contributed by atoms with Gasteiger partial charge in [-0.3, -0.25) is 0 Å². The van der Waals surface area contributed by atoms with Gasteiger partial charge in [-0.25, -0.2) is 0 Å². The van der Waals surface area contributed by atoms with E-state index in [1.807, 2.05) is 6.07 Å². The quantitative estimate of drug-likeness (QED) is 0.167. The van der Waals surface area contributed by atoms with Crippen LogP contribution in [0.25, 0.3) is 55.3 Å². The average molecular weight is 681 g/mol. The monoisotopic (exact) mass is 680 g/mol. The number of hydrogen-bond acceptors (Lipinski definition) is 3. The predicted molar refractivity (Wildman–Crippen MR) is 221 cm³/mol. The molecule has 0 radical (unpaired) electrons. The predicted octanol–water partition coefficient (Wildman–Crippen LogP) is 13.6. The highest BCUT2D eigenvalue weighted by Gasteiger charge is 2.23. The van der Waals surface area contributed by atoms with Crippen LogP contribution in [-0.2, 0) is 13.1 Å². The normalized spacial score (nSPS) is 12.3. The molecule has 3 heteroatoms. The lowest BCUT2D eigenvalue weighted by atomic mass is 9.99. The fourth-order valence-electron chi connectivity index (χ4n) is 7.82. The molecule has 1 aliphatic rings. The molecular weight excluding hydrogens is 645 g/mol. The fraction of sp³-hybridized carbons (Fsp3) is 0.0400. The van der Waals surface area contributed by atoms with Crippen molar-refractivity contribution in [2.75, 3.05) is 9.80 Å². The van der Waals surface area contributed by atoms with Gasteiger partial charge >= 0.3 is 0 Å². The van der Waals surface area contributed by atoms with Crippen LogP contribution in [0.3, 0.4) is 0 Å². The highest BCUT2D eigenvalue weighted by Crippen LogP contribution is 2.45. The highest BCUT2D eigenvalue weighted by atomic mass is 16.3. The standard InChI is InChI=1S/C50H36N2O/c1-3-11-35(12-4-1)37-19-21-38(22-20-37)39-23-25-44(26-24-39)52(45-29-27-43(28-30-45)51-33-40-15-7-8-16-41(40)34-51)48-32-42(36-13-5-2-6-14-36)31-47-46-17-9-10-18-49(46)53-50(47)48/h1-32H,33-34H2. The van der Waals surface area contributed by atoms with E-state index in [9.17, 15) is 0 Å². The Hall–Kier alpha value is -6.84. The molecule has 0 fully saturated rings. The van der Waals surface area contributed by atoms with E-state index in [0.717, 1.165) is 57.7 Å². The highest BCUT2D eigenvalue weighted by molar-refractivity contribution is 6.12. The maximum Gasteiger partial charge on any atom is 0.159 e. The van der Waals surface area contributed by atoms with Crippen LogP contribution in [0.4, 0.5) is 22.7 Å². The number of anilines is 4. The number of hydrogen-bond donors (Lipinski definition) is 0. The lowest BCUT2D eigenvalue weighted by Crippen LogP contribution is -2.15. The molecule has 0 N–H and O–H groups in total. The Bertz CT molecular complexity index is 2670. The molecule has 0 saturated heterocycles. The van der Waals surface area contributed by atoms with Gasteiger partial charge in [0.1, 0.15) is 5.58 Å². The second kappa shape index (κ2) is 13.0. The topological polar surface area (TPSA) is 19.6 Å². The molecule has 0 unspecified atom stereocenters. The number of fused-ring (bicyclic) bond motifs is 4. The maximum atomic E-state index is 6.73. The Morgan fingerprint density at radius 1 is 0.396 bits per heavy atom. The molecule has 9 aromatic rings. The minimum Gasteiger partial charge on any atom is -0.454 e. The number of nitrogens with zero attached hydrogens (tertiary/aromatic N) is 2. The summed E-state index contributed by atoms with van der Waals surface area (Å²) >= 11 is 0. The zero-order chi connectivity index (χ0) is 35.1.